The summed E-state index contributed by atoms with van der Waals surface area (Å²) in [5.41, 5.74) is 0.328. The molecule has 2 amide bonds. The minimum Gasteiger partial charge on any atom is -0.344 e. The lowest BCUT2D eigenvalue weighted by Gasteiger charge is -2.48. The standard InChI is InChI=1S/C24H35ClN4O2/c1-15(2)21(28-22(30)17-11-19(26)13-27-12-17)23(31)29-10-9-20(24(3,4)14-29)16-5-7-18(25)8-6-16/h5,7-8,13,15-17,20-21,26H,6,9-12,14H2,1-4H3,(H,28,30)/t16?,17?,20-,21-/m1/s1. The summed E-state index contributed by atoms with van der Waals surface area (Å²) in [6, 6.07) is -0.559. The van der Waals surface area contributed by atoms with E-state index < -0.39 is 6.04 Å². The summed E-state index contributed by atoms with van der Waals surface area (Å²) in [6.07, 6.45) is 10.1. The number of likely N-dealkylation sites (tertiary alicyclic amines) is 1. The maximum atomic E-state index is 13.4. The van der Waals surface area contributed by atoms with E-state index >= 15 is 0 Å². The Labute approximate surface area is 190 Å². The van der Waals surface area contributed by atoms with Crippen LogP contribution in [0.5, 0.6) is 0 Å². The van der Waals surface area contributed by atoms with Crippen molar-refractivity contribution in [3.05, 3.63) is 23.3 Å². The number of hydrogen-bond donors (Lipinski definition) is 2. The predicted molar refractivity (Wildman–Crippen MR) is 126 cm³/mol. The fourth-order valence-electron chi connectivity index (χ4n) is 5.09. The molecule has 4 atom stereocenters. The van der Waals surface area contributed by atoms with Gasteiger partial charge in [-0.1, -0.05) is 51.4 Å². The van der Waals surface area contributed by atoms with Gasteiger partial charge in [0.25, 0.3) is 0 Å². The summed E-state index contributed by atoms with van der Waals surface area (Å²) < 4.78 is 0. The molecule has 3 rings (SSSR count). The molecular formula is C24H35ClN4O2. The lowest BCUT2D eigenvalue weighted by atomic mass is 9.66. The van der Waals surface area contributed by atoms with Gasteiger partial charge in [-0.25, -0.2) is 0 Å². The van der Waals surface area contributed by atoms with Gasteiger partial charge in [-0.3, -0.25) is 14.6 Å². The van der Waals surface area contributed by atoms with Crippen LogP contribution in [0.15, 0.2) is 28.3 Å². The summed E-state index contributed by atoms with van der Waals surface area (Å²) in [5.74, 6) is 0.346. The highest BCUT2D eigenvalue weighted by molar-refractivity contribution is 6.31. The van der Waals surface area contributed by atoms with Crippen LogP contribution in [0.1, 0.15) is 47.0 Å². The molecule has 2 N–H and O–H groups in total. The number of carbonyl (C=O) groups is 2. The number of piperidine rings is 1. The van der Waals surface area contributed by atoms with Gasteiger partial charge in [-0.15, -0.1) is 0 Å². The van der Waals surface area contributed by atoms with Crippen molar-refractivity contribution in [3.63, 3.8) is 0 Å². The number of hydrogen-bond acceptors (Lipinski definition) is 4. The van der Waals surface area contributed by atoms with Gasteiger partial charge in [0.1, 0.15) is 6.04 Å². The Morgan fingerprint density at radius 3 is 2.68 bits per heavy atom. The molecule has 170 valence electrons. The molecule has 31 heavy (non-hydrogen) atoms. The van der Waals surface area contributed by atoms with E-state index in [1.807, 2.05) is 24.8 Å². The number of aliphatic imine (C=N–C) groups is 1. The molecule has 2 heterocycles. The number of rotatable bonds is 5. The SMILES string of the molecule is CC(C)[C@@H](NC(=O)C1CN=CC(=N)C1)C(=O)N1CC[C@H](C2C=CC(Cl)=CC2)C(C)(C)C1. The molecule has 0 spiro atoms. The maximum absolute atomic E-state index is 13.4. The fraction of sp³-hybridized carbons (Fsp3) is 0.667. The van der Waals surface area contributed by atoms with E-state index in [2.05, 4.69) is 36.3 Å². The van der Waals surface area contributed by atoms with Crippen molar-refractivity contribution in [2.75, 3.05) is 19.6 Å². The number of amides is 2. The van der Waals surface area contributed by atoms with Gasteiger partial charge in [0.05, 0.1) is 18.2 Å². The second kappa shape index (κ2) is 9.68. The molecule has 0 aromatic rings. The monoisotopic (exact) mass is 446 g/mol. The lowest BCUT2D eigenvalue weighted by Crippen LogP contribution is -2.57. The smallest absolute Gasteiger partial charge is 0.245 e. The molecule has 3 aliphatic rings. The van der Waals surface area contributed by atoms with E-state index in [1.54, 1.807) is 0 Å². The Kier molecular flexibility index (Phi) is 7.40. The zero-order valence-electron chi connectivity index (χ0n) is 19.0. The summed E-state index contributed by atoms with van der Waals surface area (Å²) in [5, 5.41) is 11.5. The van der Waals surface area contributed by atoms with Crippen molar-refractivity contribution in [2.45, 2.75) is 53.0 Å². The quantitative estimate of drug-likeness (QED) is 0.672. The molecule has 7 heteroatoms. The molecule has 0 aromatic heterocycles. The highest BCUT2D eigenvalue weighted by Gasteiger charge is 2.42. The Bertz CT molecular complexity index is 814. The van der Waals surface area contributed by atoms with Gasteiger partial charge in [-0.05, 0) is 42.1 Å². The third-order valence-corrected chi connectivity index (χ3v) is 7.15. The fourth-order valence-corrected chi connectivity index (χ4v) is 5.26. The van der Waals surface area contributed by atoms with Crippen LogP contribution in [0.3, 0.4) is 0 Å². The normalized spacial score (nSPS) is 29.0. The molecule has 0 saturated carbocycles. The molecule has 1 fully saturated rings. The Hall–Kier alpha value is -1.95. The summed E-state index contributed by atoms with van der Waals surface area (Å²) in [4.78, 5) is 32.2. The second-order valence-electron chi connectivity index (χ2n) is 10.1. The van der Waals surface area contributed by atoms with Crippen molar-refractivity contribution in [2.24, 2.45) is 34.1 Å². The first kappa shape index (κ1) is 23.7. The molecule has 0 radical (unpaired) electrons. The second-order valence-corrected chi connectivity index (χ2v) is 10.6. The number of nitrogens with zero attached hydrogens (tertiary/aromatic N) is 2. The minimum atomic E-state index is -0.559. The Morgan fingerprint density at radius 2 is 2.10 bits per heavy atom. The molecule has 0 bridgehead atoms. The van der Waals surface area contributed by atoms with Crippen LogP contribution in [-0.4, -0.2) is 54.3 Å². The third-order valence-electron chi connectivity index (χ3n) is 6.87. The summed E-state index contributed by atoms with van der Waals surface area (Å²) >= 11 is 6.09. The third kappa shape index (κ3) is 5.65. The van der Waals surface area contributed by atoms with Crippen molar-refractivity contribution in [3.8, 4) is 0 Å². The molecular weight excluding hydrogens is 412 g/mol. The first-order valence-electron chi connectivity index (χ1n) is 11.3. The van der Waals surface area contributed by atoms with E-state index in [-0.39, 0.29) is 29.1 Å². The van der Waals surface area contributed by atoms with E-state index in [0.717, 1.165) is 17.9 Å². The molecule has 1 saturated heterocycles. The highest BCUT2D eigenvalue weighted by Crippen LogP contribution is 2.43. The van der Waals surface area contributed by atoms with Crippen LogP contribution < -0.4 is 5.32 Å². The zero-order valence-corrected chi connectivity index (χ0v) is 19.8. The molecule has 2 aliphatic heterocycles. The van der Waals surface area contributed by atoms with Crippen LogP contribution in [-0.2, 0) is 9.59 Å². The van der Waals surface area contributed by atoms with Gasteiger partial charge in [0.2, 0.25) is 11.8 Å². The molecule has 6 nitrogen and oxygen atoms in total. The summed E-state index contributed by atoms with van der Waals surface area (Å²) in [6.45, 7) is 10.1. The van der Waals surface area contributed by atoms with Crippen LogP contribution in [0.2, 0.25) is 0 Å². The molecule has 1 aliphatic carbocycles. The predicted octanol–water partition coefficient (Wildman–Crippen LogP) is 3.81. The van der Waals surface area contributed by atoms with Crippen LogP contribution in [0.25, 0.3) is 0 Å². The van der Waals surface area contributed by atoms with Crippen LogP contribution in [0.4, 0.5) is 0 Å². The van der Waals surface area contributed by atoms with E-state index in [9.17, 15) is 9.59 Å². The minimum absolute atomic E-state index is 0.00797. The number of allylic oxidation sites excluding steroid dienone is 4. The highest BCUT2D eigenvalue weighted by atomic mass is 35.5. The van der Waals surface area contributed by atoms with Gasteiger partial charge < -0.3 is 15.6 Å². The molecule has 2 unspecified atom stereocenters. The lowest BCUT2D eigenvalue weighted by molar-refractivity contribution is -0.142. The number of halogens is 1. The number of nitrogens with one attached hydrogen (secondary N) is 2. The van der Waals surface area contributed by atoms with Gasteiger partial charge in [0, 0.05) is 30.8 Å². The van der Waals surface area contributed by atoms with Crippen LogP contribution >= 0.6 is 11.6 Å². The first-order chi connectivity index (χ1) is 14.6. The topological polar surface area (TPSA) is 85.6 Å². The molecule has 0 aromatic carbocycles. The average Bonchev–Trinajstić information content (AvgIpc) is 2.71. The Balaban J connectivity index is 1.65. The van der Waals surface area contributed by atoms with E-state index in [0.29, 0.717) is 43.6 Å². The average molecular weight is 447 g/mol. The zero-order chi connectivity index (χ0) is 22.8. The van der Waals surface area contributed by atoms with Crippen molar-refractivity contribution in [1.82, 2.24) is 10.2 Å². The van der Waals surface area contributed by atoms with Crippen molar-refractivity contribution >= 4 is 35.3 Å². The van der Waals surface area contributed by atoms with E-state index in [4.69, 9.17) is 17.0 Å². The van der Waals surface area contributed by atoms with Gasteiger partial charge >= 0.3 is 0 Å². The number of carbonyl (C=O) groups excluding carboxylic acids is 2. The van der Waals surface area contributed by atoms with Gasteiger partial charge in [0.15, 0.2) is 0 Å². The van der Waals surface area contributed by atoms with Crippen molar-refractivity contribution < 1.29 is 9.59 Å². The summed E-state index contributed by atoms with van der Waals surface area (Å²) in [7, 11) is 0. The largest absolute Gasteiger partial charge is 0.344 e. The van der Waals surface area contributed by atoms with E-state index in [1.165, 1.54) is 6.21 Å². The van der Waals surface area contributed by atoms with Crippen LogP contribution in [0, 0.1) is 34.5 Å². The first-order valence-corrected chi connectivity index (χ1v) is 11.7. The maximum Gasteiger partial charge on any atom is 0.245 e. The van der Waals surface area contributed by atoms with Crippen molar-refractivity contribution in [1.29, 1.82) is 5.41 Å². The Morgan fingerprint density at radius 1 is 1.35 bits per heavy atom. The van der Waals surface area contributed by atoms with Gasteiger partial charge in [-0.2, -0.15) is 0 Å².